The number of carbonyl (C=O) groups is 3. The lowest BCUT2D eigenvalue weighted by Gasteiger charge is -2.47. The number of carbonyl (C=O) groups excluding carboxylic acids is 3. The van der Waals surface area contributed by atoms with Crippen LogP contribution in [0.4, 0.5) is 0 Å². The van der Waals surface area contributed by atoms with Gasteiger partial charge in [0, 0.05) is 37.2 Å². The van der Waals surface area contributed by atoms with E-state index in [-0.39, 0.29) is 18.9 Å². The summed E-state index contributed by atoms with van der Waals surface area (Å²) in [7, 11) is -3.87. The summed E-state index contributed by atoms with van der Waals surface area (Å²) in [5, 5.41) is 20.6. The number of pyridine rings is 1. The van der Waals surface area contributed by atoms with Crippen molar-refractivity contribution in [3.63, 3.8) is 0 Å². The van der Waals surface area contributed by atoms with Crippen molar-refractivity contribution in [1.82, 2.24) is 25.8 Å². The highest BCUT2D eigenvalue weighted by Gasteiger charge is 2.46. The van der Waals surface area contributed by atoms with Crippen LogP contribution in [0.1, 0.15) is 78.0 Å². The SMILES string of the molecule is CC(C)(C)NC(=O)[C@@H]1C[C@@H]2CCCC[C@@H]2CN1C[C@@H](O)[C@H](Cc1ccccc1)NC(=O)[C@@H](NC(=O)C=Cc1ccccn1)C(C)(C)S(C)(=O)=O. The number of benzene rings is 1. The van der Waals surface area contributed by atoms with Gasteiger partial charge in [-0.15, -0.1) is 0 Å². The van der Waals surface area contributed by atoms with Gasteiger partial charge in [-0.3, -0.25) is 24.3 Å². The fraction of sp³-hybridized carbons (Fsp3) is 0.579. The van der Waals surface area contributed by atoms with E-state index in [2.05, 4.69) is 25.8 Å². The number of aliphatic hydroxyl groups excluding tert-OH is 1. The minimum absolute atomic E-state index is 0.0752. The summed E-state index contributed by atoms with van der Waals surface area (Å²) in [5.74, 6) is -0.620. The molecule has 12 heteroatoms. The number of piperidine rings is 1. The Hall–Kier alpha value is -3.61. The fourth-order valence-electron chi connectivity index (χ4n) is 7.01. The predicted octanol–water partition coefficient (Wildman–Crippen LogP) is 3.29. The number of rotatable bonds is 13. The lowest BCUT2D eigenvalue weighted by molar-refractivity contribution is -0.133. The summed E-state index contributed by atoms with van der Waals surface area (Å²) in [4.78, 5) is 47.1. The van der Waals surface area contributed by atoms with E-state index in [1.54, 1.807) is 24.4 Å². The normalized spacial score (nSPS) is 22.2. The molecule has 1 aromatic carbocycles. The summed E-state index contributed by atoms with van der Waals surface area (Å²) >= 11 is 0. The van der Waals surface area contributed by atoms with Crippen LogP contribution in [0.3, 0.4) is 0 Å². The fourth-order valence-corrected chi connectivity index (χ4v) is 7.60. The van der Waals surface area contributed by atoms with Crippen LogP contribution in [-0.4, -0.2) is 95.0 Å². The molecular formula is C38H55N5O6S. The number of aliphatic hydroxyl groups is 1. The van der Waals surface area contributed by atoms with Gasteiger partial charge in [-0.05, 0) is 89.5 Å². The van der Waals surface area contributed by atoms with E-state index in [4.69, 9.17) is 0 Å². The van der Waals surface area contributed by atoms with Crippen LogP contribution in [0.15, 0.2) is 60.8 Å². The Morgan fingerprint density at radius 3 is 2.26 bits per heavy atom. The number of sulfone groups is 1. The van der Waals surface area contributed by atoms with E-state index in [1.807, 2.05) is 51.1 Å². The van der Waals surface area contributed by atoms with Gasteiger partial charge < -0.3 is 21.1 Å². The van der Waals surface area contributed by atoms with E-state index in [1.165, 1.54) is 26.0 Å². The molecule has 1 aliphatic carbocycles. The molecule has 6 atom stereocenters. The number of amides is 3. The van der Waals surface area contributed by atoms with Gasteiger partial charge in [0.15, 0.2) is 9.84 Å². The molecule has 0 spiro atoms. The van der Waals surface area contributed by atoms with Crippen LogP contribution in [0.25, 0.3) is 6.08 Å². The molecule has 0 radical (unpaired) electrons. The highest BCUT2D eigenvalue weighted by Crippen LogP contribution is 2.39. The quantitative estimate of drug-likeness (QED) is 0.231. The molecule has 4 N–H and O–H groups in total. The van der Waals surface area contributed by atoms with Crippen molar-refractivity contribution in [2.24, 2.45) is 11.8 Å². The first kappa shape index (κ1) is 39.2. The Morgan fingerprint density at radius 2 is 1.64 bits per heavy atom. The van der Waals surface area contributed by atoms with E-state index >= 15 is 0 Å². The van der Waals surface area contributed by atoms with Crippen LogP contribution >= 0.6 is 0 Å². The third kappa shape index (κ3) is 10.7. The van der Waals surface area contributed by atoms with Crippen LogP contribution in [0, 0.1) is 11.8 Å². The lowest BCUT2D eigenvalue weighted by Crippen LogP contribution is -2.64. The molecule has 11 nitrogen and oxygen atoms in total. The van der Waals surface area contributed by atoms with Gasteiger partial charge in [-0.2, -0.15) is 0 Å². The zero-order valence-electron chi connectivity index (χ0n) is 30.3. The summed E-state index contributed by atoms with van der Waals surface area (Å²) < 4.78 is 24.3. The summed E-state index contributed by atoms with van der Waals surface area (Å²) in [6, 6.07) is 11.8. The molecule has 50 heavy (non-hydrogen) atoms. The number of likely N-dealkylation sites (tertiary alicyclic amines) is 1. The van der Waals surface area contributed by atoms with Gasteiger partial charge in [-0.25, -0.2) is 8.42 Å². The molecule has 0 unspecified atom stereocenters. The zero-order chi connectivity index (χ0) is 36.7. The third-order valence-electron chi connectivity index (χ3n) is 10.1. The van der Waals surface area contributed by atoms with E-state index in [0.717, 1.165) is 37.5 Å². The molecule has 1 saturated heterocycles. The summed E-state index contributed by atoms with van der Waals surface area (Å²) in [6.45, 7) is 9.42. The predicted molar refractivity (Wildman–Crippen MR) is 196 cm³/mol. The molecule has 2 heterocycles. The maximum absolute atomic E-state index is 14.1. The maximum atomic E-state index is 14.1. The van der Waals surface area contributed by atoms with Crippen molar-refractivity contribution in [3.8, 4) is 0 Å². The van der Waals surface area contributed by atoms with Gasteiger partial charge in [0.25, 0.3) is 0 Å². The lowest BCUT2D eigenvalue weighted by atomic mass is 9.72. The van der Waals surface area contributed by atoms with Gasteiger partial charge >= 0.3 is 0 Å². The van der Waals surface area contributed by atoms with Crippen molar-refractivity contribution in [2.75, 3.05) is 19.3 Å². The standard InChI is InChI=1S/C38H55N5O6S/c1-37(2,3)42-35(46)31-23-27-16-10-11-17-28(27)24-43(31)25-32(44)30(22-26-14-8-7-9-15-26)40-36(47)34(38(4,5)50(6,48)49)41-33(45)20-19-29-18-12-13-21-39-29/h7-9,12-15,18-21,27-28,30-32,34,44H,10-11,16-17,22-25H2,1-6H3,(H,40,47)(H,41,45)(H,42,46)/t27-,28+,30-,31-,32+,34+/m0/s1. The Balaban J connectivity index is 1.61. The van der Waals surface area contributed by atoms with Crippen molar-refractivity contribution in [1.29, 1.82) is 0 Å². The smallest absolute Gasteiger partial charge is 0.244 e. The zero-order valence-corrected chi connectivity index (χ0v) is 31.1. The Morgan fingerprint density at radius 1 is 0.980 bits per heavy atom. The van der Waals surface area contributed by atoms with Crippen molar-refractivity contribution in [3.05, 3.63) is 72.1 Å². The average molecular weight is 710 g/mol. The van der Waals surface area contributed by atoms with Gasteiger partial charge in [0.2, 0.25) is 17.7 Å². The number of nitrogens with one attached hydrogen (secondary N) is 3. The molecule has 0 bridgehead atoms. The van der Waals surface area contributed by atoms with Gasteiger partial charge in [-0.1, -0.05) is 55.7 Å². The Labute approximate surface area is 297 Å². The van der Waals surface area contributed by atoms with Gasteiger partial charge in [0.1, 0.15) is 6.04 Å². The monoisotopic (exact) mass is 709 g/mol. The van der Waals surface area contributed by atoms with Crippen LogP contribution in [0.5, 0.6) is 0 Å². The number of hydrogen-bond donors (Lipinski definition) is 4. The number of β-amino-alcohol motifs (C(OH)–C–C–N with tert-alkyl or cyclic N) is 1. The minimum Gasteiger partial charge on any atom is -0.390 e. The van der Waals surface area contributed by atoms with Crippen LogP contribution in [0.2, 0.25) is 0 Å². The molecule has 1 saturated carbocycles. The third-order valence-corrected chi connectivity index (χ3v) is 12.3. The summed E-state index contributed by atoms with van der Waals surface area (Å²) in [5.41, 5.74) is 0.947. The van der Waals surface area contributed by atoms with E-state index in [9.17, 15) is 27.9 Å². The molecule has 1 aromatic heterocycles. The second-order valence-electron chi connectivity index (χ2n) is 15.5. The number of hydrogen-bond acceptors (Lipinski definition) is 8. The molecule has 3 amide bonds. The maximum Gasteiger partial charge on any atom is 0.244 e. The van der Waals surface area contributed by atoms with Crippen molar-refractivity contribution in [2.45, 2.75) is 108 Å². The van der Waals surface area contributed by atoms with Crippen LogP contribution < -0.4 is 16.0 Å². The second-order valence-corrected chi connectivity index (χ2v) is 18.1. The average Bonchev–Trinajstić information content (AvgIpc) is 3.05. The highest BCUT2D eigenvalue weighted by molar-refractivity contribution is 7.92. The minimum atomic E-state index is -3.87. The topological polar surface area (TPSA) is 158 Å². The first-order valence-electron chi connectivity index (χ1n) is 17.6. The number of aromatic nitrogens is 1. The molecule has 2 fully saturated rings. The first-order valence-corrected chi connectivity index (χ1v) is 19.5. The number of nitrogens with zero attached hydrogens (tertiary/aromatic N) is 2. The largest absolute Gasteiger partial charge is 0.390 e. The van der Waals surface area contributed by atoms with Gasteiger partial charge in [0.05, 0.1) is 28.6 Å². The molecule has 2 aliphatic rings. The molecular weight excluding hydrogens is 655 g/mol. The van der Waals surface area contributed by atoms with E-state index in [0.29, 0.717) is 30.5 Å². The Bertz CT molecular complexity index is 1590. The van der Waals surface area contributed by atoms with Crippen LogP contribution in [-0.2, 0) is 30.6 Å². The molecule has 1 aliphatic heterocycles. The molecule has 2 aromatic rings. The summed E-state index contributed by atoms with van der Waals surface area (Å²) in [6.07, 6.45) is 9.57. The molecule has 4 rings (SSSR count). The van der Waals surface area contributed by atoms with Crippen molar-refractivity contribution >= 4 is 33.6 Å². The highest BCUT2D eigenvalue weighted by atomic mass is 32.2. The molecule has 274 valence electrons. The first-order chi connectivity index (χ1) is 23.4. The number of fused-ring (bicyclic) bond motifs is 1. The van der Waals surface area contributed by atoms with Crippen molar-refractivity contribution < 1.29 is 27.9 Å². The second kappa shape index (κ2) is 16.6. The Kier molecular flexibility index (Phi) is 13.0. The van der Waals surface area contributed by atoms with E-state index < -0.39 is 56.2 Å².